The lowest BCUT2D eigenvalue weighted by atomic mass is 9.88. The van der Waals surface area contributed by atoms with Gasteiger partial charge in [0.25, 0.3) is 0 Å². The summed E-state index contributed by atoms with van der Waals surface area (Å²) in [6, 6.07) is 2.33. The highest BCUT2D eigenvalue weighted by molar-refractivity contribution is 7.89. The van der Waals surface area contributed by atoms with Gasteiger partial charge >= 0.3 is 0 Å². The summed E-state index contributed by atoms with van der Waals surface area (Å²) in [4.78, 5) is -0.572. The molecule has 0 radical (unpaired) electrons. The van der Waals surface area contributed by atoms with Gasteiger partial charge in [-0.15, -0.1) is 0 Å². The third-order valence-electron chi connectivity index (χ3n) is 2.94. The van der Waals surface area contributed by atoms with E-state index in [2.05, 4.69) is 4.72 Å². The SMILES string of the molecule is CC(C)(CCCO)CNS(=O)(=O)c1ccc(F)cc1F. The quantitative estimate of drug-likeness (QED) is 0.810. The maximum atomic E-state index is 13.5. The van der Waals surface area contributed by atoms with Crippen molar-refractivity contribution >= 4 is 10.0 Å². The number of hydrogen-bond acceptors (Lipinski definition) is 3. The minimum atomic E-state index is -4.02. The second kappa shape index (κ2) is 6.60. The topological polar surface area (TPSA) is 66.4 Å². The molecule has 20 heavy (non-hydrogen) atoms. The molecule has 0 heterocycles. The first-order valence-corrected chi connectivity index (χ1v) is 7.72. The lowest BCUT2D eigenvalue weighted by Gasteiger charge is -2.24. The number of sulfonamides is 1. The van der Waals surface area contributed by atoms with Crippen LogP contribution in [0, 0.1) is 17.0 Å². The van der Waals surface area contributed by atoms with Crippen LogP contribution in [0.4, 0.5) is 8.78 Å². The van der Waals surface area contributed by atoms with Gasteiger partial charge in [0.15, 0.2) is 0 Å². The normalized spacial score (nSPS) is 12.7. The van der Waals surface area contributed by atoms with E-state index >= 15 is 0 Å². The summed E-state index contributed by atoms with van der Waals surface area (Å²) < 4.78 is 52.5. The van der Waals surface area contributed by atoms with E-state index in [0.29, 0.717) is 18.9 Å². The molecule has 2 N–H and O–H groups in total. The van der Waals surface area contributed by atoms with Gasteiger partial charge in [-0.1, -0.05) is 13.8 Å². The molecule has 0 spiro atoms. The minimum absolute atomic E-state index is 0.0305. The number of aliphatic hydroxyl groups excluding tert-OH is 1. The molecule has 0 amide bonds. The molecule has 0 aliphatic rings. The molecule has 4 nitrogen and oxygen atoms in total. The summed E-state index contributed by atoms with van der Waals surface area (Å²) in [6.45, 7) is 3.81. The summed E-state index contributed by atoms with van der Waals surface area (Å²) in [6.07, 6.45) is 1.18. The van der Waals surface area contributed by atoms with E-state index in [1.165, 1.54) is 0 Å². The molecular formula is C13H19F2NO3S. The Morgan fingerprint density at radius 3 is 2.50 bits per heavy atom. The minimum Gasteiger partial charge on any atom is -0.396 e. The molecule has 0 aliphatic heterocycles. The Balaban J connectivity index is 2.80. The first-order valence-electron chi connectivity index (χ1n) is 6.23. The van der Waals surface area contributed by atoms with E-state index in [1.54, 1.807) is 0 Å². The molecule has 0 saturated carbocycles. The average Bonchev–Trinajstić information content (AvgIpc) is 2.34. The van der Waals surface area contributed by atoms with Gasteiger partial charge < -0.3 is 5.11 Å². The van der Waals surface area contributed by atoms with Crippen LogP contribution in [-0.4, -0.2) is 26.7 Å². The lowest BCUT2D eigenvalue weighted by molar-refractivity contribution is 0.242. The summed E-state index contributed by atoms with van der Waals surface area (Å²) in [5.74, 6) is -1.95. The van der Waals surface area contributed by atoms with E-state index in [9.17, 15) is 17.2 Å². The van der Waals surface area contributed by atoms with Crippen LogP contribution in [-0.2, 0) is 10.0 Å². The molecule has 0 saturated heterocycles. The molecule has 114 valence electrons. The second-order valence-electron chi connectivity index (χ2n) is 5.39. The number of hydrogen-bond donors (Lipinski definition) is 2. The van der Waals surface area contributed by atoms with Gasteiger partial charge in [0, 0.05) is 19.2 Å². The van der Waals surface area contributed by atoms with Crippen molar-refractivity contribution in [3.8, 4) is 0 Å². The zero-order valence-electron chi connectivity index (χ0n) is 11.5. The molecule has 0 atom stereocenters. The number of nitrogens with one attached hydrogen (secondary N) is 1. The highest BCUT2D eigenvalue weighted by Crippen LogP contribution is 2.22. The Morgan fingerprint density at radius 1 is 1.30 bits per heavy atom. The van der Waals surface area contributed by atoms with Crippen molar-refractivity contribution in [1.29, 1.82) is 0 Å². The van der Waals surface area contributed by atoms with E-state index in [0.717, 1.165) is 12.1 Å². The fourth-order valence-electron chi connectivity index (χ4n) is 1.71. The third-order valence-corrected chi connectivity index (χ3v) is 4.37. The van der Waals surface area contributed by atoms with Crippen LogP contribution in [0.2, 0.25) is 0 Å². The Bertz CT molecular complexity index is 559. The average molecular weight is 307 g/mol. The van der Waals surface area contributed by atoms with Gasteiger partial charge in [-0.3, -0.25) is 0 Å². The van der Waals surface area contributed by atoms with Crippen molar-refractivity contribution in [2.45, 2.75) is 31.6 Å². The van der Waals surface area contributed by atoms with E-state index in [1.807, 2.05) is 13.8 Å². The van der Waals surface area contributed by atoms with Crippen molar-refractivity contribution in [1.82, 2.24) is 4.72 Å². The fourth-order valence-corrected chi connectivity index (χ4v) is 3.01. The third kappa shape index (κ3) is 4.81. The summed E-state index contributed by atoms with van der Waals surface area (Å²) in [5, 5.41) is 8.77. The maximum Gasteiger partial charge on any atom is 0.243 e. The van der Waals surface area contributed by atoms with E-state index < -0.39 is 26.6 Å². The van der Waals surface area contributed by atoms with Crippen molar-refractivity contribution in [3.05, 3.63) is 29.8 Å². The second-order valence-corrected chi connectivity index (χ2v) is 7.13. The van der Waals surface area contributed by atoms with Crippen molar-refractivity contribution < 1.29 is 22.3 Å². The van der Waals surface area contributed by atoms with Gasteiger partial charge in [0.05, 0.1) is 0 Å². The molecule has 0 aliphatic carbocycles. The van der Waals surface area contributed by atoms with Gasteiger partial charge in [-0.05, 0) is 30.4 Å². The largest absolute Gasteiger partial charge is 0.396 e. The summed E-state index contributed by atoms with van der Waals surface area (Å²) in [5.41, 5.74) is -0.369. The smallest absolute Gasteiger partial charge is 0.243 e. The first kappa shape index (κ1) is 17.0. The van der Waals surface area contributed by atoms with E-state index in [-0.39, 0.29) is 18.6 Å². The first-order chi connectivity index (χ1) is 9.18. The molecule has 0 aromatic heterocycles. The molecule has 0 unspecified atom stereocenters. The summed E-state index contributed by atoms with van der Waals surface area (Å²) >= 11 is 0. The molecule has 7 heteroatoms. The van der Waals surface area contributed by atoms with Crippen molar-refractivity contribution in [2.24, 2.45) is 5.41 Å². The predicted octanol–water partition coefficient (Wildman–Crippen LogP) is 2.04. The maximum absolute atomic E-state index is 13.5. The number of halogens is 2. The molecule has 1 aromatic carbocycles. The van der Waals surface area contributed by atoms with Gasteiger partial charge in [0.2, 0.25) is 10.0 Å². The monoisotopic (exact) mass is 307 g/mol. The van der Waals surface area contributed by atoms with Crippen LogP contribution in [0.15, 0.2) is 23.1 Å². The number of aliphatic hydroxyl groups is 1. The van der Waals surface area contributed by atoms with Crippen LogP contribution in [0.25, 0.3) is 0 Å². The van der Waals surface area contributed by atoms with Gasteiger partial charge in [-0.2, -0.15) is 0 Å². The highest BCUT2D eigenvalue weighted by atomic mass is 32.2. The fraction of sp³-hybridized carbons (Fsp3) is 0.538. The molecule has 1 aromatic rings. The summed E-state index contributed by atoms with van der Waals surface area (Å²) in [7, 11) is -4.02. The Kier molecular flexibility index (Phi) is 5.61. The van der Waals surface area contributed by atoms with Crippen LogP contribution >= 0.6 is 0 Å². The zero-order valence-corrected chi connectivity index (χ0v) is 12.3. The Morgan fingerprint density at radius 2 is 1.95 bits per heavy atom. The van der Waals surface area contributed by atoms with Gasteiger partial charge in [-0.25, -0.2) is 21.9 Å². The van der Waals surface area contributed by atoms with Crippen molar-refractivity contribution in [2.75, 3.05) is 13.2 Å². The number of rotatable bonds is 7. The van der Waals surface area contributed by atoms with Crippen LogP contribution < -0.4 is 4.72 Å². The van der Waals surface area contributed by atoms with E-state index in [4.69, 9.17) is 5.11 Å². The number of benzene rings is 1. The predicted molar refractivity (Wildman–Crippen MR) is 71.6 cm³/mol. The molecule has 0 bridgehead atoms. The standard InChI is InChI=1S/C13H19F2NO3S/c1-13(2,6-3-7-17)9-16-20(18,19)12-5-4-10(14)8-11(12)15/h4-5,8,16-17H,3,6-7,9H2,1-2H3. The van der Waals surface area contributed by atoms with Crippen LogP contribution in [0.3, 0.4) is 0 Å². The highest BCUT2D eigenvalue weighted by Gasteiger charge is 2.24. The molecular weight excluding hydrogens is 288 g/mol. The Hall–Kier alpha value is -1.05. The zero-order chi connectivity index (χ0) is 15.4. The van der Waals surface area contributed by atoms with Crippen LogP contribution in [0.1, 0.15) is 26.7 Å². The van der Waals surface area contributed by atoms with Crippen molar-refractivity contribution in [3.63, 3.8) is 0 Å². The molecule has 1 rings (SSSR count). The van der Waals surface area contributed by atoms with Gasteiger partial charge in [0.1, 0.15) is 16.5 Å². The lowest BCUT2D eigenvalue weighted by Crippen LogP contribution is -2.34. The Labute approximate surface area is 117 Å². The van der Waals surface area contributed by atoms with Crippen LogP contribution in [0.5, 0.6) is 0 Å². The molecule has 0 fully saturated rings.